The average Bonchev–Trinajstić information content (AvgIpc) is 2.46. The number of anilines is 1. The number of halogens is 1. The molecule has 3 N–H and O–H groups in total. The Balaban J connectivity index is 1.94. The number of rotatable bonds is 1. The Bertz CT molecular complexity index is 469. The second-order valence-electron chi connectivity index (χ2n) is 4.23. The van der Waals surface area contributed by atoms with Crippen LogP contribution in [0.25, 0.3) is 0 Å². The van der Waals surface area contributed by atoms with Crippen molar-refractivity contribution in [1.82, 2.24) is 10.3 Å². The van der Waals surface area contributed by atoms with Gasteiger partial charge in [0.05, 0.1) is 0 Å². The zero-order chi connectivity index (χ0) is 13.8. The van der Waals surface area contributed by atoms with Crippen molar-refractivity contribution in [3.63, 3.8) is 0 Å². The van der Waals surface area contributed by atoms with E-state index in [1.54, 1.807) is 0 Å². The van der Waals surface area contributed by atoms with Crippen molar-refractivity contribution < 1.29 is 9.59 Å². The molecule has 0 aromatic heterocycles. The minimum Gasteiger partial charge on any atom is -0.368 e. The van der Waals surface area contributed by atoms with Crippen LogP contribution in [0.5, 0.6) is 0 Å². The largest absolute Gasteiger partial charge is 0.368 e. The van der Waals surface area contributed by atoms with Crippen LogP contribution < -0.4 is 16.2 Å². The van der Waals surface area contributed by atoms with Crippen LogP contribution in [-0.4, -0.2) is 42.9 Å². The smallest absolute Gasteiger partial charge is 0.323 e. The van der Waals surface area contributed by atoms with Gasteiger partial charge in [0.2, 0.25) is 0 Å². The highest BCUT2D eigenvalue weighted by atomic mass is 35.5. The summed E-state index contributed by atoms with van der Waals surface area (Å²) in [5.74, 6) is 3.58. The Morgan fingerprint density at radius 3 is 2.21 bits per heavy atom. The molecule has 0 spiro atoms. The predicted molar refractivity (Wildman–Crippen MR) is 72.6 cm³/mol. The Morgan fingerprint density at radius 2 is 1.68 bits per heavy atom. The molecule has 0 radical (unpaired) electrons. The second-order valence-corrected chi connectivity index (χ2v) is 4.67. The molecule has 1 heterocycles. The van der Waals surface area contributed by atoms with Crippen LogP contribution in [0.2, 0.25) is 5.02 Å². The van der Waals surface area contributed by atoms with E-state index in [1.807, 2.05) is 29.7 Å². The van der Waals surface area contributed by atoms with Gasteiger partial charge in [-0.25, -0.2) is 5.84 Å². The van der Waals surface area contributed by atoms with Gasteiger partial charge in [-0.05, 0) is 24.3 Å². The minimum atomic E-state index is -0.778. The normalized spacial score (nSPS) is 15.3. The lowest BCUT2D eigenvalue weighted by Crippen LogP contribution is -2.53. The molecule has 2 rings (SSSR count). The fraction of sp³-hybridized carbons (Fsp3) is 0.333. The fourth-order valence-electron chi connectivity index (χ4n) is 2.02. The summed E-state index contributed by atoms with van der Waals surface area (Å²) in [6, 6.07) is 7.53. The third-order valence-electron chi connectivity index (χ3n) is 3.08. The number of hydrazine groups is 1. The van der Waals surface area contributed by atoms with Crippen molar-refractivity contribution in [2.75, 3.05) is 31.1 Å². The zero-order valence-electron chi connectivity index (χ0n) is 10.3. The number of piperazine rings is 1. The van der Waals surface area contributed by atoms with E-state index in [0.717, 1.165) is 5.69 Å². The third kappa shape index (κ3) is 3.15. The van der Waals surface area contributed by atoms with Crippen LogP contribution in [0.3, 0.4) is 0 Å². The van der Waals surface area contributed by atoms with E-state index in [9.17, 15) is 9.59 Å². The quantitative estimate of drug-likeness (QED) is 0.328. The Kier molecular flexibility index (Phi) is 4.24. The first-order valence-corrected chi connectivity index (χ1v) is 6.30. The van der Waals surface area contributed by atoms with Gasteiger partial charge >= 0.3 is 11.8 Å². The van der Waals surface area contributed by atoms with Crippen molar-refractivity contribution in [3.05, 3.63) is 29.3 Å². The van der Waals surface area contributed by atoms with E-state index in [2.05, 4.69) is 4.90 Å². The number of nitrogens with one attached hydrogen (secondary N) is 1. The summed E-state index contributed by atoms with van der Waals surface area (Å²) < 4.78 is 0. The summed E-state index contributed by atoms with van der Waals surface area (Å²) in [4.78, 5) is 26.4. The molecule has 1 saturated heterocycles. The topological polar surface area (TPSA) is 78.7 Å². The predicted octanol–water partition coefficient (Wildman–Crippen LogP) is -0.0215. The van der Waals surface area contributed by atoms with E-state index in [0.29, 0.717) is 31.2 Å². The number of carbonyl (C=O) groups excluding carboxylic acids is 2. The molecule has 1 fully saturated rings. The summed E-state index contributed by atoms with van der Waals surface area (Å²) in [7, 11) is 0. The number of nitrogens with two attached hydrogens (primary N) is 1. The molecule has 0 aliphatic carbocycles. The summed E-state index contributed by atoms with van der Waals surface area (Å²) in [6.45, 7) is 2.33. The molecule has 19 heavy (non-hydrogen) atoms. The van der Waals surface area contributed by atoms with Crippen molar-refractivity contribution in [1.29, 1.82) is 0 Å². The average molecular weight is 283 g/mol. The van der Waals surface area contributed by atoms with Crippen LogP contribution in [0, 0.1) is 0 Å². The molecule has 0 atom stereocenters. The lowest BCUT2D eigenvalue weighted by molar-refractivity contribution is -0.146. The first-order chi connectivity index (χ1) is 9.11. The van der Waals surface area contributed by atoms with E-state index >= 15 is 0 Å². The number of hydrogen-bond donors (Lipinski definition) is 2. The molecular formula is C12H15ClN4O2. The van der Waals surface area contributed by atoms with Gasteiger partial charge in [-0.2, -0.15) is 0 Å². The number of amides is 2. The van der Waals surface area contributed by atoms with Crippen LogP contribution in [0.1, 0.15) is 0 Å². The second kappa shape index (κ2) is 5.90. The number of benzene rings is 1. The lowest BCUT2D eigenvalue weighted by Gasteiger charge is -2.35. The highest BCUT2D eigenvalue weighted by Gasteiger charge is 2.25. The number of nitrogens with zero attached hydrogens (tertiary/aromatic N) is 2. The van der Waals surface area contributed by atoms with Crippen LogP contribution in [0.4, 0.5) is 5.69 Å². The van der Waals surface area contributed by atoms with Crippen LogP contribution >= 0.6 is 11.6 Å². The maximum Gasteiger partial charge on any atom is 0.323 e. The first kappa shape index (κ1) is 13.6. The summed E-state index contributed by atoms with van der Waals surface area (Å²) in [5.41, 5.74) is 2.91. The Hall–Kier alpha value is -1.79. The standard InChI is InChI=1S/C12H15ClN4O2/c13-9-1-3-10(4-2-9)16-5-7-17(8-6-16)12(19)11(18)15-14/h1-4H,5-8,14H2,(H,15,18). The molecule has 102 valence electrons. The minimum absolute atomic E-state index is 0.495. The molecule has 0 saturated carbocycles. The van der Waals surface area contributed by atoms with E-state index < -0.39 is 11.8 Å². The van der Waals surface area contributed by atoms with Gasteiger partial charge in [0.15, 0.2) is 0 Å². The van der Waals surface area contributed by atoms with Gasteiger partial charge in [0, 0.05) is 36.9 Å². The van der Waals surface area contributed by atoms with Gasteiger partial charge in [0.1, 0.15) is 0 Å². The molecule has 0 bridgehead atoms. The lowest BCUT2D eigenvalue weighted by atomic mass is 10.2. The van der Waals surface area contributed by atoms with Crippen LogP contribution in [0.15, 0.2) is 24.3 Å². The van der Waals surface area contributed by atoms with E-state index in [-0.39, 0.29) is 0 Å². The monoisotopic (exact) mass is 282 g/mol. The molecule has 7 heteroatoms. The fourth-order valence-corrected chi connectivity index (χ4v) is 2.15. The van der Waals surface area contributed by atoms with Gasteiger partial charge in [-0.3, -0.25) is 15.0 Å². The summed E-state index contributed by atoms with van der Waals surface area (Å²) in [6.07, 6.45) is 0. The third-order valence-corrected chi connectivity index (χ3v) is 3.34. The maximum absolute atomic E-state index is 11.6. The van der Waals surface area contributed by atoms with Crippen molar-refractivity contribution >= 4 is 29.1 Å². The summed E-state index contributed by atoms with van der Waals surface area (Å²) >= 11 is 5.84. The van der Waals surface area contributed by atoms with Gasteiger partial charge < -0.3 is 9.80 Å². The highest BCUT2D eigenvalue weighted by molar-refractivity contribution is 6.34. The Morgan fingerprint density at radius 1 is 1.11 bits per heavy atom. The molecule has 1 aromatic carbocycles. The van der Waals surface area contributed by atoms with Crippen LogP contribution in [-0.2, 0) is 9.59 Å². The van der Waals surface area contributed by atoms with E-state index in [1.165, 1.54) is 4.90 Å². The van der Waals surface area contributed by atoms with Gasteiger partial charge in [0.25, 0.3) is 0 Å². The molecule has 2 amide bonds. The first-order valence-electron chi connectivity index (χ1n) is 5.92. The SMILES string of the molecule is NNC(=O)C(=O)N1CCN(c2ccc(Cl)cc2)CC1. The van der Waals surface area contributed by atoms with Crippen molar-refractivity contribution in [2.45, 2.75) is 0 Å². The van der Waals surface area contributed by atoms with Crippen molar-refractivity contribution in [3.8, 4) is 0 Å². The zero-order valence-corrected chi connectivity index (χ0v) is 11.1. The molecule has 1 aliphatic rings. The van der Waals surface area contributed by atoms with Crippen molar-refractivity contribution in [2.24, 2.45) is 5.84 Å². The number of hydrogen-bond acceptors (Lipinski definition) is 4. The molecular weight excluding hydrogens is 268 g/mol. The number of carbonyl (C=O) groups is 2. The van der Waals surface area contributed by atoms with E-state index in [4.69, 9.17) is 17.4 Å². The highest BCUT2D eigenvalue weighted by Crippen LogP contribution is 2.19. The molecule has 6 nitrogen and oxygen atoms in total. The maximum atomic E-state index is 11.6. The summed E-state index contributed by atoms with van der Waals surface area (Å²) in [5, 5.41) is 0.692. The molecule has 1 aliphatic heterocycles. The molecule has 0 unspecified atom stereocenters. The Labute approximate surface area is 116 Å². The molecule has 1 aromatic rings. The van der Waals surface area contributed by atoms with Gasteiger partial charge in [-0.1, -0.05) is 11.6 Å². The van der Waals surface area contributed by atoms with Gasteiger partial charge in [-0.15, -0.1) is 0 Å².